The first-order valence-corrected chi connectivity index (χ1v) is 8.39. The number of ether oxygens (including phenoxy) is 2. The molecule has 3 rings (SSSR count). The minimum atomic E-state index is -0.678. The van der Waals surface area contributed by atoms with E-state index in [1.54, 1.807) is 31.2 Å². The zero-order chi connectivity index (χ0) is 18.4. The molecule has 134 valence electrons. The molecule has 0 fully saturated rings. The summed E-state index contributed by atoms with van der Waals surface area (Å²) in [6, 6.07) is 19.9. The Bertz CT molecular complexity index is 836. The van der Waals surface area contributed by atoms with Gasteiger partial charge < -0.3 is 19.0 Å². The topological polar surface area (TPSA) is 68.9 Å². The second-order valence-electron chi connectivity index (χ2n) is 5.66. The van der Waals surface area contributed by atoms with E-state index in [0.717, 1.165) is 11.1 Å². The van der Waals surface area contributed by atoms with Crippen molar-refractivity contribution in [3.05, 3.63) is 89.4 Å². The third-order valence-electron chi connectivity index (χ3n) is 3.83. The molecule has 0 radical (unpaired) electrons. The predicted octanol–water partition coefficient (Wildman–Crippen LogP) is 4.12. The van der Waals surface area contributed by atoms with E-state index in [1.165, 1.54) is 0 Å². The van der Waals surface area contributed by atoms with E-state index in [0.29, 0.717) is 18.1 Å². The van der Waals surface area contributed by atoms with Gasteiger partial charge in [0.05, 0.1) is 6.61 Å². The summed E-state index contributed by atoms with van der Waals surface area (Å²) < 4.78 is 15.9. The molecule has 0 aliphatic heterocycles. The molecule has 1 heterocycles. The van der Waals surface area contributed by atoms with Crippen molar-refractivity contribution in [1.82, 2.24) is 0 Å². The minimum Gasteiger partial charge on any atom is -0.486 e. The highest BCUT2D eigenvalue weighted by atomic mass is 16.5. The maximum absolute atomic E-state index is 11.6. The molecule has 1 aromatic heterocycles. The van der Waals surface area contributed by atoms with Crippen LogP contribution in [0.15, 0.2) is 71.1 Å². The monoisotopic (exact) mass is 352 g/mol. The number of aliphatic hydroxyl groups excluding tert-OH is 1. The molecule has 0 aliphatic rings. The third-order valence-corrected chi connectivity index (χ3v) is 3.83. The van der Waals surface area contributed by atoms with Gasteiger partial charge in [-0.25, -0.2) is 4.79 Å². The van der Waals surface area contributed by atoms with Gasteiger partial charge in [-0.3, -0.25) is 0 Å². The zero-order valence-corrected chi connectivity index (χ0v) is 14.4. The molecule has 0 saturated heterocycles. The van der Waals surface area contributed by atoms with Crippen molar-refractivity contribution in [2.24, 2.45) is 0 Å². The molecule has 1 N–H and O–H groups in total. The van der Waals surface area contributed by atoms with Crippen LogP contribution in [0.2, 0.25) is 0 Å². The summed E-state index contributed by atoms with van der Waals surface area (Å²) in [5.41, 5.74) is 1.62. The first kappa shape index (κ1) is 17.8. The van der Waals surface area contributed by atoms with Gasteiger partial charge in [0.2, 0.25) is 5.76 Å². The number of rotatable bonds is 7. The number of hydrogen-bond acceptors (Lipinski definition) is 5. The fraction of sp³-hybridized carbons (Fsp3) is 0.190. The number of hydrogen-bond donors (Lipinski definition) is 1. The standard InChI is InChI=1S/C21H20O5/c1-2-24-21(23)19-13-12-18(26-19)14-25-17-10-8-16(9-11-17)20(22)15-6-4-3-5-7-15/h3-13,20,22H,2,14H2,1H3. The van der Waals surface area contributed by atoms with Crippen molar-refractivity contribution in [2.75, 3.05) is 6.61 Å². The van der Waals surface area contributed by atoms with E-state index in [4.69, 9.17) is 13.9 Å². The summed E-state index contributed by atoms with van der Waals surface area (Å²) in [7, 11) is 0. The summed E-state index contributed by atoms with van der Waals surface area (Å²) in [5, 5.41) is 10.4. The van der Waals surface area contributed by atoms with Crippen molar-refractivity contribution in [2.45, 2.75) is 19.6 Å². The van der Waals surface area contributed by atoms with Crippen LogP contribution in [0.3, 0.4) is 0 Å². The Morgan fingerprint density at radius 3 is 2.38 bits per heavy atom. The Morgan fingerprint density at radius 1 is 1.00 bits per heavy atom. The van der Waals surface area contributed by atoms with Crippen LogP contribution in [-0.2, 0) is 11.3 Å². The van der Waals surface area contributed by atoms with Crippen LogP contribution in [-0.4, -0.2) is 17.7 Å². The summed E-state index contributed by atoms with van der Waals surface area (Å²) in [6.07, 6.45) is -0.678. The van der Waals surface area contributed by atoms with E-state index >= 15 is 0 Å². The fourth-order valence-electron chi connectivity index (χ4n) is 2.50. The average molecular weight is 352 g/mol. The molecule has 5 nitrogen and oxygen atoms in total. The lowest BCUT2D eigenvalue weighted by molar-refractivity contribution is 0.0486. The number of benzene rings is 2. The minimum absolute atomic E-state index is 0.159. The molecule has 0 amide bonds. The number of furan rings is 1. The van der Waals surface area contributed by atoms with Gasteiger partial charge in [-0.15, -0.1) is 0 Å². The quantitative estimate of drug-likeness (QED) is 0.648. The molecule has 0 aliphatic carbocycles. The average Bonchev–Trinajstić information content (AvgIpc) is 3.16. The normalized spacial score (nSPS) is 11.8. The second kappa shape index (κ2) is 8.36. The van der Waals surface area contributed by atoms with Gasteiger partial charge in [0, 0.05) is 0 Å². The summed E-state index contributed by atoms with van der Waals surface area (Å²) in [6.45, 7) is 2.23. The lowest BCUT2D eigenvalue weighted by Crippen LogP contribution is -2.02. The fourth-order valence-corrected chi connectivity index (χ4v) is 2.50. The predicted molar refractivity (Wildman–Crippen MR) is 95.9 cm³/mol. The Balaban J connectivity index is 1.59. The number of esters is 1. The summed E-state index contributed by atoms with van der Waals surface area (Å²) >= 11 is 0. The van der Waals surface area contributed by atoms with Crippen LogP contribution in [0, 0.1) is 0 Å². The van der Waals surface area contributed by atoms with Gasteiger partial charge in [-0.2, -0.15) is 0 Å². The van der Waals surface area contributed by atoms with Crippen LogP contribution in [0.5, 0.6) is 5.75 Å². The van der Waals surface area contributed by atoms with Gasteiger partial charge >= 0.3 is 5.97 Å². The lowest BCUT2D eigenvalue weighted by Gasteiger charge is -2.12. The summed E-state index contributed by atoms with van der Waals surface area (Å²) in [4.78, 5) is 11.6. The molecule has 0 spiro atoms. The summed E-state index contributed by atoms with van der Waals surface area (Å²) in [5.74, 6) is 0.842. The number of carbonyl (C=O) groups is 1. The first-order valence-electron chi connectivity index (χ1n) is 8.39. The molecule has 5 heteroatoms. The molecular weight excluding hydrogens is 332 g/mol. The molecule has 2 aromatic carbocycles. The van der Waals surface area contributed by atoms with E-state index in [2.05, 4.69) is 0 Å². The maximum atomic E-state index is 11.6. The van der Waals surface area contributed by atoms with E-state index in [9.17, 15) is 9.90 Å². The van der Waals surface area contributed by atoms with Crippen LogP contribution in [0.25, 0.3) is 0 Å². The zero-order valence-electron chi connectivity index (χ0n) is 14.4. The Hall–Kier alpha value is -3.05. The molecule has 0 bridgehead atoms. The van der Waals surface area contributed by atoms with Crippen molar-refractivity contribution < 1.29 is 23.8 Å². The van der Waals surface area contributed by atoms with Crippen LogP contribution >= 0.6 is 0 Å². The van der Waals surface area contributed by atoms with Gasteiger partial charge in [0.25, 0.3) is 0 Å². The Labute approximate surface area is 151 Å². The molecule has 0 saturated carbocycles. The van der Waals surface area contributed by atoms with Gasteiger partial charge in [0.15, 0.2) is 0 Å². The molecular formula is C21H20O5. The second-order valence-corrected chi connectivity index (χ2v) is 5.66. The SMILES string of the molecule is CCOC(=O)c1ccc(COc2ccc(C(O)c3ccccc3)cc2)o1. The highest BCUT2D eigenvalue weighted by Gasteiger charge is 2.13. The molecule has 1 atom stereocenters. The largest absolute Gasteiger partial charge is 0.486 e. The lowest BCUT2D eigenvalue weighted by atomic mass is 10.0. The smallest absolute Gasteiger partial charge is 0.374 e. The third kappa shape index (κ3) is 4.32. The Morgan fingerprint density at radius 2 is 1.69 bits per heavy atom. The molecule has 26 heavy (non-hydrogen) atoms. The first-order chi connectivity index (χ1) is 12.7. The van der Waals surface area contributed by atoms with E-state index < -0.39 is 12.1 Å². The van der Waals surface area contributed by atoms with E-state index in [-0.39, 0.29) is 12.4 Å². The van der Waals surface area contributed by atoms with E-state index in [1.807, 2.05) is 42.5 Å². The van der Waals surface area contributed by atoms with Crippen LogP contribution in [0.1, 0.15) is 40.5 Å². The molecule has 3 aromatic rings. The van der Waals surface area contributed by atoms with Gasteiger partial charge in [-0.1, -0.05) is 42.5 Å². The van der Waals surface area contributed by atoms with Crippen molar-refractivity contribution in [3.8, 4) is 5.75 Å². The highest BCUT2D eigenvalue weighted by molar-refractivity contribution is 5.86. The molecule has 1 unspecified atom stereocenters. The van der Waals surface area contributed by atoms with Crippen molar-refractivity contribution in [1.29, 1.82) is 0 Å². The van der Waals surface area contributed by atoms with Crippen LogP contribution < -0.4 is 4.74 Å². The number of aliphatic hydroxyl groups is 1. The van der Waals surface area contributed by atoms with Gasteiger partial charge in [0.1, 0.15) is 24.2 Å². The van der Waals surface area contributed by atoms with Crippen molar-refractivity contribution in [3.63, 3.8) is 0 Å². The highest BCUT2D eigenvalue weighted by Crippen LogP contribution is 2.24. The maximum Gasteiger partial charge on any atom is 0.374 e. The van der Waals surface area contributed by atoms with Gasteiger partial charge in [-0.05, 0) is 42.3 Å². The Kier molecular flexibility index (Phi) is 5.71. The van der Waals surface area contributed by atoms with Crippen LogP contribution in [0.4, 0.5) is 0 Å². The van der Waals surface area contributed by atoms with Crippen molar-refractivity contribution >= 4 is 5.97 Å². The number of carbonyl (C=O) groups excluding carboxylic acids is 1.